The Morgan fingerprint density at radius 2 is 1.47 bits per heavy atom. The minimum atomic E-state index is -0.548. The van der Waals surface area contributed by atoms with Gasteiger partial charge in [0, 0.05) is 13.1 Å². The molecule has 1 atom stereocenters. The van der Waals surface area contributed by atoms with Crippen LogP contribution in [0, 0.1) is 0 Å². The maximum Gasteiger partial charge on any atom is 0.410 e. The van der Waals surface area contributed by atoms with Gasteiger partial charge >= 0.3 is 11.8 Å². The van der Waals surface area contributed by atoms with Gasteiger partial charge in [0.15, 0.2) is 0 Å². The molecule has 0 saturated carbocycles. The van der Waals surface area contributed by atoms with Gasteiger partial charge < -0.3 is 9.64 Å². The van der Waals surface area contributed by atoms with Gasteiger partial charge in [-0.1, -0.05) is 54.6 Å². The molecular weight excluding hydrogens is 426 g/mol. The number of benzene rings is 3. The summed E-state index contributed by atoms with van der Waals surface area (Å²) in [6.45, 7) is 6.60. The van der Waals surface area contributed by atoms with Crippen LogP contribution < -0.4 is 5.69 Å². The van der Waals surface area contributed by atoms with Gasteiger partial charge in [-0.2, -0.15) is 0 Å². The van der Waals surface area contributed by atoms with Crippen molar-refractivity contribution in [3.05, 3.63) is 89.3 Å². The van der Waals surface area contributed by atoms with Crippen molar-refractivity contribution in [2.45, 2.75) is 38.8 Å². The monoisotopic (exact) mass is 455 g/mol. The molecule has 1 fully saturated rings. The Morgan fingerprint density at radius 1 is 0.853 bits per heavy atom. The third kappa shape index (κ3) is 4.12. The van der Waals surface area contributed by atoms with Crippen molar-refractivity contribution < 1.29 is 9.53 Å². The zero-order valence-electron chi connectivity index (χ0n) is 19.8. The van der Waals surface area contributed by atoms with Crippen molar-refractivity contribution in [2.75, 3.05) is 13.1 Å². The zero-order valence-corrected chi connectivity index (χ0v) is 19.8. The number of hydrogen-bond acceptors (Lipinski definition) is 3. The molecule has 2 heterocycles. The summed E-state index contributed by atoms with van der Waals surface area (Å²) in [6, 6.07) is 26.0. The minimum Gasteiger partial charge on any atom is -0.444 e. The molecule has 6 nitrogen and oxygen atoms in total. The van der Waals surface area contributed by atoms with Gasteiger partial charge in [0.25, 0.3) is 0 Å². The molecule has 1 amide bonds. The fraction of sp³-hybridized carbons (Fsp3) is 0.286. The number of rotatable bonds is 3. The molecule has 5 rings (SSSR count). The van der Waals surface area contributed by atoms with Gasteiger partial charge in [0.05, 0.1) is 22.8 Å². The lowest BCUT2D eigenvalue weighted by Crippen LogP contribution is -2.36. The van der Waals surface area contributed by atoms with Crippen LogP contribution in [0.4, 0.5) is 4.79 Å². The van der Waals surface area contributed by atoms with E-state index in [1.807, 2.05) is 92.1 Å². The Balaban J connectivity index is 1.50. The third-order valence-electron chi connectivity index (χ3n) is 6.19. The quantitative estimate of drug-likeness (QED) is 0.402. The Kier molecular flexibility index (Phi) is 5.52. The number of likely N-dealkylation sites (tertiary alicyclic amines) is 1. The Bertz CT molecular complexity index is 1380. The van der Waals surface area contributed by atoms with Crippen molar-refractivity contribution in [1.82, 2.24) is 14.0 Å². The number of aromatic nitrogens is 2. The van der Waals surface area contributed by atoms with Crippen molar-refractivity contribution in [3.63, 3.8) is 0 Å². The predicted octanol–water partition coefficient (Wildman–Crippen LogP) is 5.64. The van der Waals surface area contributed by atoms with Crippen LogP contribution in [0.5, 0.6) is 0 Å². The molecule has 0 spiro atoms. The number of fused-ring (bicyclic) bond motifs is 1. The molecule has 0 radical (unpaired) electrons. The molecule has 1 aliphatic heterocycles. The van der Waals surface area contributed by atoms with E-state index in [0.29, 0.717) is 19.5 Å². The highest BCUT2D eigenvalue weighted by Crippen LogP contribution is 2.28. The maximum atomic E-state index is 13.7. The summed E-state index contributed by atoms with van der Waals surface area (Å²) >= 11 is 0. The average Bonchev–Trinajstić information content (AvgIpc) is 3.41. The predicted molar refractivity (Wildman–Crippen MR) is 134 cm³/mol. The Labute approximate surface area is 199 Å². The molecular formula is C28H29N3O3. The molecule has 0 bridgehead atoms. The first kappa shape index (κ1) is 22.0. The highest BCUT2D eigenvalue weighted by molar-refractivity contribution is 5.79. The maximum absolute atomic E-state index is 13.7. The normalized spacial score (nSPS) is 16.2. The molecule has 1 aromatic heterocycles. The standard InChI is InChI=1S/C28H29N3O3/c1-28(2,3)34-27(33)29-18-17-23(19-29)31-25-12-8-7-11-24(25)30(26(31)32)22-15-13-21(14-16-22)20-9-5-4-6-10-20/h4-16,23H,17-19H2,1-3H3/t23-/m0/s1. The van der Waals surface area contributed by atoms with Crippen LogP contribution in [-0.4, -0.2) is 38.8 Å². The second kappa shape index (κ2) is 8.52. The molecule has 0 unspecified atom stereocenters. The topological polar surface area (TPSA) is 56.5 Å². The van der Waals surface area contributed by atoms with Gasteiger partial charge in [0.2, 0.25) is 0 Å². The highest BCUT2D eigenvalue weighted by Gasteiger charge is 2.33. The first-order chi connectivity index (χ1) is 16.3. The summed E-state index contributed by atoms with van der Waals surface area (Å²) in [4.78, 5) is 28.0. The van der Waals surface area contributed by atoms with Crippen LogP contribution in [-0.2, 0) is 4.74 Å². The van der Waals surface area contributed by atoms with Crippen molar-refractivity contribution in [2.24, 2.45) is 0 Å². The van der Waals surface area contributed by atoms with Gasteiger partial charge in [-0.05, 0) is 62.6 Å². The van der Waals surface area contributed by atoms with Gasteiger partial charge in [0.1, 0.15) is 5.60 Å². The van der Waals surface area contributed by atoms with Crippen molar-refractivity contribution in [3.8, 4) is 16.8 Å². The average molecular weight is 456 g/mol. The summed E-state index contributed by atoms with van der Waals surface area (Å²) in [5.74, 6) is 0. The molecule has 34 heavy (non-hydrogen) atoms. The molecule has 1 aliphatic rings. The number of hydrogen-bond donors (Lipinski definition) is 0. The Hall–Kier alpha value is -3.80. The number of imidazole rings is 1. The molecule has 1 saturated heterocycles. The molecule has 0 N–H and O–H groups in total. The number of amides is 1. The van der Waals surface area contributed by atoms with Gasteiger partial charge in [-0.25, -0.2) is 9.59 Å². The number of ether oxygens (including phenoxy) is 1. The Morgan fingerprint density at radius 3 is 2.15 bits per heavy atom. The van der Waals surface area contributed by atoms with E-state index >= 15 is 0 Å². The van der Waals surface area contributed by atoms with Crippen LogP contribution in [0.2, 0.25) is 0 Å². The second-order valence-electron chi connectivity index (χ2n) is 9.76. The zero-order chi connectivity index (χ0) is 23.9. The van der Waals surface area contributed by atoms with E-state index in [1.54, 1.807) is 9.47 Å². The van der Waals surface area contributed by atoms with Crippen molar-refractivity contribution >= 4 is 17.1 Å². The lowest BCUT2D eigenvalue weighted by molar-refractivity contribution is 0.0289. The van der Waals surface area contributed by atoms with Crippen LogP contribution in [0.1, 0.15) is 33.2 Å². The van der Waals surface area contributed by atoms with Crippen LogP contribution in [0.3, 0.4) is 0 Å². The second-order valence-corrected chi connectivity index (χ2v) is 9.76. The van der Waals surface area contributed by atoms with E-state index in [4.69, 9.17) is 4.74 Å². The fourth-order valence-corrected chi connectivity index (χ4v) is 4.65. The number of carbonyl (C=O) groups is 1. The summed E-state index contributed by atoms with van der Waals surface area (Å²) < 4.78 is 9.14. The molecule has 6 heteroatoms. The summed E-state index contributed by atoms with van der Waals surface area (Å²) in [5, 5.41) is 0. The van der Waals surface area contributed by atoms with E-state index < -0.39 is 5.60 Å². The van der Waals surface area contributed by atoms with Crippen LogP contribution in [0.15, 0.2) is 83.7 Å². The van der Waals surface area contributed by atoms with Crippen LogP contribution >= 0.6 is 0 Å². The van der Waals surface area contributed by atoms with E-state index in [-0.39, 0.29) is 17.8 Å². The molecule has 174 valence electrons. The van der Waals surface area contributed by atoms with Crippen molar-refractivity contribution in [1.29, 1.82) is 0 Å². The van der Waals surface area contributed by atoms with E-state index in [2.05, 4.69) is 12.1 Å². The van der Waals surface area contributed by atoms with E-state index in [0.717, 1.165) is 27.8 Å². The van der Waals surface area contributed by atoms with E-state index in [1.165, 1.54) is 0 Å². The smallest absolute Gasteiger partial charge is 0.410 e. The molecule has 0 aliphatic carbocycles. The summed E-state index contributed by atoms with van der Waals surface area (Å²) in [5.41, 5.74) is 4.15. The van der Waals surface area contributed by atoms with Crippen LogP contribution in [0.25, 0.3) is 27.8 Å². The fourth-order valence-electron chi connectivity index (χ4n) is 4.65. The SMILES string of the molecule is CC(C)(C)OC(=O)N1CC[C@H](n2c(=O)n(-c3ccc(-c4ccccc4)cc3)c3ccccc32)C1. The largest absolute Gasteiger partial charge is 0.444 e. The lowest BCUT2D eigenvalue weighted by atomic mass is 10.1. The van der Waals surface area contributed by atoms with Gasteiger partial charge in [-0.15, -0.1) is 0 Å². The number of para-hydroxylation sites is 2. The lowest BCUT2D eigenvalue weighted by Gasteiger charge is -2.24. The summed E-state index contributed by atoms with van der Waals surface area (Å²) in [6.07, 6.45) is 0.378. The first-order valence-corrected chi connectivity index (χ1v) is 11.7. The minimum absolute atomic E-state index is 0.0929. The summed E-state index contributed by atoms with van der Waals surface area (Å²) in [7, 11) is 0. The molecule has 4 aromatic rings. The number of nitrogens with zero attached hydrogens (tertiary/aromatic N) is 3. The highest BCUT2D eigenvalue weighted by atomic mass is 16.6. The van der Waals surface area contributed by atoms with Gasteiger partial charge in [-0.3, -0.25) is 9.13 Å². The third-order valence-corrected chi connectivity index (χ3v) is 6.19. The van der Waals surface area contributed by atoms with E-state index in [9.17, 15) is 9.59 Å². The first-order valence-electron chi connectivity index (χ1n) is 11.7. The molecule has 3 aromatic carbocycles. The number of carbonyl (C=O) groups excluding carboxylic acids is 1.